The van der Waals surface area contributed by atoms with E-state index >= 15 is 0 Å². The molecule has 0 spiro atoms. The molecule has 32 heavy (non-hydrogen) atoms. The maximum absolute atomic E-state index is 13.1. The Hall–Kier alpha value is -3.11. The minimum Gasteiger partial charge on any atom is -0.454 e. The van der Waals surface area contributed by atoms with E-state index in [0.717, 1.165) is 6.42 Å². The number of piperidine rings is 1. The zero-order chi connectivity index (χ0) is 23.5. The van der Waals surface area contributed by atoms with Gasteiger partial charge in [0.25, 0.3) is 5.69 Å². The van der Waals surface area contributed by atoms with Crippen molar-refractivity contribution in [3.8, 4) is 0 Å². The van der Waals surface area contributed by atoms with E-state index in [1.54, 1.807) is 0 Å². The second-order valence-electron chi connectivity index (χ2n) is 8.10. The summed E-state index contributed by atoms with van der Waals surface area (Å²) in [6.07, 6.45) is 0.959. The van der Waals surface area contributed by atoms with Crippen molar-refractivity contribution in [1.29, 1.82) is 0 Å². The summed E-state index contributed by atoms with van der Waals surface area (Å²) in [5, 5.41) is 10.7. The van der Waals surface area contributed by atoms with Crippen molar-refractivity contribution < 1.29 is 27.7 Å². The van der Waals surface area contributed by atoms with Crippen LogP contribution in [0, 0.1) is 22.0 Å². The molecule has 0 saturated carbocycles. The van der Waals surface area contributed by atoms with Gasteiger partial charge in [-0.15, -0.1) is 0 Å². The van der Waals surface area contributed by atoms with Crippen molar-refractivity contribution in [2.75, 3.05) is 19.7 Å². The monoisotopic (exact) mass is 460 g/mol. The van der Waals surface area contributed by atoms with Gasteiger partial charge in [0.15, 0.2) is 12.4 Å². The molecule has 2 atom stereocenters. The summed E-state index contributed by atoms with van der Waals surface area (Å²) in [4.78, 5) is 34.7. The average Bonchev–Trinajstić information content (AvgIpc) is 2.76. The Morgan fingerprint density at radius 1 is 1.06 bits per heavy atom. The normalized spacial score (nSPS) is 19.3. The molecule has 1 aliphatic heterocycles. The van der Waals surface area contributed by atoms with E-state index in [1.807, 2.05) is 13.8 Å². The van der Waals surface area contributed by atoms with Crippen LogP contribution in [0.1, 0.15) is 41.0 Å². The third-order valence-electron chi connectivity index (χ3n) is 5.28. The molecular weight excluding hydrogens is 436 g/mol. The molecule has 10 heteroatoms. The van der Waals surface area contributed by atoms with Crippen LogP contribution in [0.4, 0.5) is 5.69 Å². The lowest BCUT2D eigenvalue weighted by atomic mass is 9.94. The van der Waals surface area contributed by atoms with Gasteiger partial charge in [-0.3, -0.25) is 14.9 Å². The summed E-state index contributed by atoms with van der Waals surface area (Å²) >= 11 is 0. The van der Waals surface area contributed by atoms with E-state index in [0.29, 0.717) is 13.1 Å². The van der Waals surface area contributed by atoms with Crippen LogP contribution >= 0.6 is 0 Å². The molecular formula is C22H24N2O7S. The lowest BCUT2D eigenvalue weighted by Crippen LogP contribution is -2.42. The summed E-state index contributed by atoms with van der Waals surface area (Å²) in [6, 6.07) is 10.5. The number of rotatable bonds is 7. The molecule has 2 aromatic carbocycles. The van der Waals surface area contributed by atoms with E-state index in [-0.39, 0.29) is 33.5 Å². The molecule has 1 saturated heterocycles. The zero-order valence-electron chi connectivity index (χ0n) is 17.8. The predicted molar refractivity (Wildman–Crippen MR) is 116 cm³/mol. The van der Waals surface area contributed by atoms with Gasteiger partial charge >= 0.3 is 5.97 Å². The summed E-state index contributed by atoms with van der Waals surface area (Å²) < 4.78 is 32.6. The molecule has 0 unspecified atom stereocenters. The molecule has 2 aromatic rings. The third-order valence-corrected chi connectivity index (χ3v) is 7.10. The number of nitrogens with zero attached hydrogens (tertiary/aromatic N) is 2. The highest BCUT2D eigenvalue weighted by atomic mass is 32.2. The van der Waals surface area contributed by atoms with Gasteiger partial charge in [0.2, 0.25) is 10.0 Å². The van der Waals surface area contributed by atoms with Crippen molar-refractivity contribution in [2.45, 2.75) is 25.2 Å². The van der Waals surface area contributed by atoms with Gasteiger partial charge in [-0.2, -0.15) is 4.31 Å². The fourth-order valence-electron chi connectivity index (χ4n) is 3.80. The largest absolute Gasteiger partial charge is 0.454 e. The number of nitro benzene ring substituents is 1. The summed E-state index contributed by atoms with van der Waals surface area (Å²) in [5.74, 6) is -0.884. The molecule has 1 heterocycles. The van der Waals surface area contributed by atoms with E-state index < -0.39 is 33.3 Å². The van der Waals surface area contributed by atoms with Crippen LogP contribution in [-0.4, -0.2) is 49.1 Å². The van der Waals surface area contributed by atoms with Crippen molar-refractivity contribution in [1.82, 2.24) is 4.31 Å². The first-order valence-electron chi connectivity index (χ1n) is 10.1. The van der Waals surface area contributed by atoms with Gasteiger partial charge < -0.3 is 4.74 Å². The molecule has 9 nitrogen and oxygen atoms in total. The van der Waals surface area contributed by atoms with Crippen LogP contribution in [-0.2, 0) is 14.8 Å². The number of carbonyl (C=O) groups excluding carboxylic acids is 2. The first-order valence-corrected chi connectivity index (χ1v) is 11.6. The van der Waals surface area contributed by atoms with Crippen molar-refractivity contribution in [2.24, 2.45) is 11.8 Å². The molecule has 0 bridgehead atoms. The van der Waals surface area contributed by atoms with Crippen molar-refractivity contribution >= 4 is 27.5 Å². The fraction of sp³-hybridized carbons (Fsp3) is 0.364. The highest BCUT2D eigenvalue weighted by molar-refractivity contribution is 7.89. The Balaban J connectivity index is 1.68. The van der Waals surface area contributed by atoms with Gasteiger partial charge in [-0.05, 0) is 48.6 Å². The number of hydrogen-bond donors (Lipinski definition) is 0. The molecule has 0 amide bonds. The molecule has 3 rings (SSSR count). The van der Waals surface area contributed by atoms with Crippen LogP contribution in [0.25, 0.3) is 0 Å². The number of non-ortho nitro benzene ring substituents is 1. The van der Waals surface area contributed by atoms with E-state index in [1.165, 1.54) is 52.8 Å². The standard InChI is InChI=1S/C22H24N2O7S/c1-15-10-16(2)13-23(12-15)32(29,30)20-5-3-4-18(11-20)22(26)31-14-21(25)17-6-8-19(9-7-17)24(27)28/h3-9,11,15-16H,10,12-14H2,1-2H3/t15-,16-/m1/s1. The third kappa shape index (κ3) is 5.38. The predicted octanol–water partition coefficient (Wildman–Crippen LogP) is 3.30. The Morgan fingerprint density at radius 2 is 1.69 bits per heavy atom. The van der Waals surface area contributed by atoms with Crippen molar-refractivity contribution in [3.63, 3.8) is 0 Å². The number of nitro groups is 1. The van der Waals surface area contributed by atoms with Gasteiger partial charge in [-0.1, -0.05) is 19.9 Å². The van der Waals surface area contributed by atoms with Crippen LogP contribution in [0.15, 0.2) is 53.4 Å². The molecule has 0 aliphatic carbocycles. The second-order valence-corrected chi connectivity index (χ2v) is 10.0. The number of hydrogen-bond acceptors (Lipinski definition) is 7. The minimum atomic E-state index is -3.77. The number of esters is 1. The zero-order valence-corrected chi connectivity index (χ0v) is 18.6. The minimum absolute atomic E-state index is 0.00468. The number of sulfonamides is 1. The number of ketones is 1. The number of benzene rings is 2. The van der Waals surface area contributed by atoms with Gasteiger partial charge in [0, 0.05) is 30.8 Å². The number of Topliss-reactive ketones (excluding diaryl/α,β-unsaturated/α-hetero) is 1. The Bertz CT molecular complexity index is 1120. The SMILES string of the molecule is C[C@@H]1C[C@@H](C)CN(S(=O)(=O)c2cccc(C(=O)OCC(=O)c3ccc([N+](=O)[O-])cc3)c2)C1. The topological polar surface area (TPSA) is 124 Å². The average molecular weight is 461 g/mol. The van der Waals surface area contributed by atoms with E-state index in [2.05, 4.69) is 0 Å². The highest BCUT2D eigenvalue weighted by Gasteiger charge is 2.32. The Morgan fingerprint density at radius 3 is 2.28 bits per heavy atom. The molecule has 1 aliphatic rings. The maximum atomic E-state index is 13.1. The van der Waals surface area contributed by atoms with E-state index in [4.69, 9.17) is 4.74 Å². The molecule has 0 radical (unpaired) electrons. The number of ether oxygens (including phenoxy) is 1. The molecule has 0 N–H and O–H groups in total. The lowest BCUT2D eigenvalue weighted by molar-refractivity contribution is -0.384. The van der Waals surface area contributed by atoms with Gasteiger partial charge in [0.1, 0.15) is 0 Å². The Kier molecular flexibility index (Phi) is 7.05. The Labute approximate surface area is 186 Å². The van der Waals surface area contributed by atoms with E-state index in [9.17, 15) is 28.1 Å². The van der Waals surface area contributed by atoms with Crippen molar-refractivity contribution in [3.05, 3.63) is 69.8 Å². The quantitative estimate of drug-likeness (QED) is 0.269. The maximum Gasteiger partial charge on any atom is 0.338 e. The summed E-state index contributed by atoms with van der Waals surface area (Å²) in [7, 11) is -3.77. The summed E-state index contributed by atoms with van der Waals surface area (Å²) in [5.41, 5.74) is 0.0165. The first kappa shape index (κ1) is 23.6. The second kappa shape index (κ2) is 9.58. The fourth-order valence-corrected chi connectivity index (χ4v) is 5.53. The molecule has 170 valence electrons. The van der Waals surface area contributed by atoms with Gasteiger partial charge in [-0.25, -0.2) is 13.2 Å². The van der Waals surface area contributed by atoms with Crippen LogP contribution in [0.3, 0.4) is 0 Å². The lowest BCUT2D eigenvalue weighted by Gasteiger charge is -2.34. The molecule has 1 fully saturated rings. The van der Waals surface area contributed by atoms with Crippen LogP contribution in [0.5, 0.6) is 0 Å². The smallest absolute Gasteiger partial charge is 0.338 e. The summed E-state index contributed by atoms with van der Waals surface area (Å²) in [6.45, 7) is 4.28. The highest BCUT2D eigenvalue weighted by Crippen LogP contribution is 2.27. The number of carbonyl (C=O) groups is 2. The van der Waals surface area contributed by atoms with Crippen LogP contribution in [0.2, 0.25) is 0 Å². The van der Waals surface area contributed by atoms with Gasteiger partial charge in [0.05, 0.1) is 15.4 Å². The van der Waals surface area contributed by atoms with Crippen LogP contribution < -0.4 is 0 Å². The molecule has 0 aromatic heterocycles. The first-order chi connectivity index (χ1) is 15.1.